The molecular formula is C14H21N3O4. The van der Waals surface area contributed by atoms with Gasteiger partial charge >= 0.3 is 12.1 Å². The molecule has 1 saturated heterocycles. The highest BCUT2D eigenvalue weighted by molar-refractivity contribution is 6.42. The second-order valence-electron chi connectivity index (χ2n) is 6.03. The highest BCUT2D eigenvalue weighted by atomic mass is 16.6. The van der Waals surface area contributed by atoms with E-state index in [4.69, 9.17) is 9.47 Å². The summed E-state index contributed by atoms with van der Waals surface area (Å²) in [6.07, 6.45) is 0.215. The second kappa shape index (κ2) is 5.83. The summed E-state index contributed by atoms with van der Waals surface area (Å²) in [4.78, 5) is 25.5. The Morgan fingerprint density at radius 1 is 1.33 bits per heavy atom. The monoisotopic (exact) mass is 295 g/mol. The van der Waals surface area contributed by atoms with E-state index in [1.165, 1.54) is 0 Å². The van der Waals surface area contributed by atoms with Gasteiger partial charge in [0.05, 0.1) is 18.2 Å². The minimum absolute atomic E-state index is 0.273. The first-order chi connectivity index (χ1) is 9.81. The molecule has 116 valence electrons. The lowest BCUT2D eigenvalue weighted by Crippen LogP contribution is -2.48. The first-order valence-electron chi connectivity index (χ1n) is 7.11. The number of nitrogens with zero attached hydrogens (tertiary/aromatic N) is 3. The summed E-state index contributed by atoms with van der Waals surface area (Å²) in [5.74, 6) is -0.738. The fourth-order valence-corrected chi connectivity index (χ4v) is 2.27. The van der Waals surface area contributed by atoms with Crippen molar-refractivity contribution in [2.75, 3.05) is 19.7 Å². The highest BCUT2D eigenvalue weighted by Gasteiger charge is 2.39. The van der Waals surface area contributed by atoms with Crippen LogP contribution in [0.4, 0.5) is 4.79 Å². The number of hydrogen-bond acceptors (Lipinski definition) is 6. The molecule has 7 nitrogen and oxygen atoms in total. The molecule has 1 atom stereocenters. The van der Waals surface area contributed by atoms with E-state index < -0.39 is 11.6 Å². The van der Waals surface area contributed by atoms with Crippen LogP contribution in [0.2, 0.25) is 0 Å². The van der Waals surface area contributed by atoms with E-state index in [1.807, 2.05) is 20.8 Å². The minimum atomic E-state index is -0.542. The molecule has 2 aliphatic heterocycles. The van der Waals surface area contributed by atoms with Crippen LogP contribution in [0.5, 0.6) is 0 Å². The van der Waals surface area contributed by atoms with Gasteiger partial charge in [0.15, 0.2) is 5.71 Å². The van der Waals surface area contributed by atoms with Crippen molar-refractivity contribution in [2.24, 2.45) is 16.1 Å². The quantitative estimate of drug-likeness (QED) is 0.725. The van der Waals surface area contributed by atoms with Gasteiger partial charge < -0.3 is 14.4 Å². The van der Waals surface area contributed by atoms with Crippen molar-refractivity contribution >= 4 is 23.5 Å². The maximum absolute atomic E-state index is 12.1. The minimum Gasteiger partial charge on any atom is -0.461 e. The first kappa shape index (κ1) is 15.5. The van der Waals surface area contributed by atoms with Gasteiger partial charge in [-0.2, -0.15) is 5.10 Å². The Morgan fingerprint density at radius 3 is 2.67 bits per heavy atom. The standard InChI is InChI=1S/C14H21N3O4/c1-5-20-12(18)11-9-8-17(7-6-10(9)15-16-11)13(19)21-14(2,3)4/h9H,5-8H2,1-4H3/t9-/m1/s1. The number of rotatable bonds is 2. The van der Waals surface area contributed by atoms with Gasteiger partial charge in [-0.3, -0.25) is 0 Å². The van der Waals surface area contributed by atoms with Crippen molar-refractivity contribution in [3.05, 3.63) is 0 Å². The highest BCUT2D eigenvalue weighted by Crippen LogP contribution is 2.23. The Bertz CT molecular complexity index is 505. The van der Waals surface area contributed by atoms with E-state index in [-0.39, 0.29) is 24.3 Å². The van der Waals surface area contributed by atoms with Crippen LogP contribution in [-0.4, -0.2) is 53.7 Å². The van der Waals surface area contributed by atoms with E-state index in [0.29, 0.717) is 19.5 Å². The van der Waals surface area contributed by atoms with Crippen molar-refractivity contribution < 1.29 is 19.1 Å². The number of amides is 1. The van der Waals surface area contributed by atoms with Crippen LogP contribution in [-0.2, 0) is 14.3 Å². The fraction of sp³-hybridized carbons (Fsp3) is 0.714. The lowest BCUT2D eigenvalue weighted by atomic mass is 9.92. The predicted octanol–water partition coefficient (Wildman–Crippen LogP) is 1.62. The zero-order chi connectivity index (χ0) is 15.6. The summed E-state index contributed by atoms with van der Waals surface area (Å²) in [6.45, 7) is 8.37. The van der Waals surface area contributed by atoms with Crippen LogP contribution in [0.15, 0.2) is 10.2 Å². The topological polar surface area (TPSA) is 80.6 Å². The lowest BCUT2D eigenvalue weighted by Gasteiger charge is -2.33. The smallest absolute Gasteiger partial charge is 0.410 e. The van der Waals surface area contributed by atoms with E-state index in [9.17, 15) is 9.59 Å². The number of carbonyl (C=O) groups is 2. The normalized spacial score (nSPS) is 21.3. The van der Waals surface area contributed by atoms with Gasteiger partial charge in [0.25, 0.3) is 0 Å². The molecular weight excluding hydrogens is 274 g/mol. The molecule has 0 aromatic carbocycles. The molecule has 0 saturated carbocycles. The average molecular weight is 295 g/mol. The molecule has 0 unspecified atom stereocenters. The van der Waals surface area contributed by atoms with Crippen LogP contribution in [0.3, 0.4) is 0 Å². The van der Waals surface area contributed by atoms with E-state index in [1.54, 1.807) is 11.8 Å². The molecule has 2 rings (SSSR count). The SMILES string of the molecule is CCOC(=O)C1=NN=C2CCN(C(=O)OC(C)(C)C)C[C@H]21. The van der Waals surface area contributed by atoms with Gasteiger partial charge in [-0.1, -0.05) is 0 Å². The Kier molecular flexibility index (Phi) is 4.29. The third kappa shape index (κ3) is 3.59. The maximum atomic E-state index is 12.1. The van der Waals surface area contributed by atoms with Gasteiger partial charge in [0, 0.05) is 19.5 Å². The molecule has 1 amide bonds. The summed E-state index contributed by atoms with van der Waals surface area (Å²) in [5.41, 5.74) is 0.567. The summed E-state index contributed by atoms with van der Waals surface area (Å²) in [6, 6.07) is 0. The van der Waals surface area contributed by atoms with Crippen molar-refractivity contribution in [3.63, 3.8) is 0 Å². The molecule has 0 N–H and O–H groups in total. The Labute approximate surface area is 124 Å². The average Bonchev–Trinajstić information content (AvgIpc) is 2.79. The van der Waals surface area contributed by atoms with E-state index in [0.717, 1.165) is 5.71 Å². The fourth-order valence-electron chi connectivity index (χ4n) is 2.27. The molecule has 1 fully saturated rings. The molecule has 0 radical (unpaired) electrons. The molecule has 0 aromatic heterocycles. The van der Waals surface area contributed by atoms with Crippen LogP contribution in [0, 0.1) is 5.92 Å². The second-order valence-corrected chi connectivity index (χ2v) is 6.03. The molecule has 2 aliphatic rings. The summed E-state index contributed by atoms with van der Waals surface area (Å²) in [5, 5.41) is 7.95. The third-order valence-electron chi connectivity index (χ3n) is 3.20. The molecule has 7 heteroatoms. The number of likely N-dealkylation sites (tertiary alicyclic amines) is 1. The Morgan fingerprint density at radius 2 is 2.05 bits per heavy atom. The van der Waals surface area contributed by atoms with E-state index >= 15 is 0 Å². The number of fused-ring (bicyclic) bond motifs is 1. The third-order valence-corrected chi connectivity index (χ3v) is 3.20. The van der Waals surface area contributed by atoms with Crippen LogP contribution >= 0.6 is 0 Å². The van der Waals surface area contributed by atoms with Gasteiger partial charge in [0.2, 0.25) is 0 Å². The van der Waals surface area contributed by atoms with Crippen LogP contribution < -0.4 is 0 Å². The predicted molar refractivity (Wildman–Crippen MR) is 77.4 cm³/mol. The molecule has 0 aliphatic carbocycles. The van der Waals surface area contributed by atoms with Crippen molar-refractivity contribution in [2.45, 2.75) is 39.7 Å². The summed E-state index contributed by atoms with van der Waals surface area (Å²) >= 11 is 0. The van der Waals surface area contributed by atoms with Crippen molar-refractivity contribution in [3.8, 4) is 0 Å². The first-order valence-corrected chi connectivity index (χ1v) is 7.11. The van der Waals surface area contributed by atoms with Gasteiger partial charge in [0.1, 0.15) is 5.60 Å². The number of ether oxygens (including phenoxy) is 2. The zero-order valence-electron chi connectivity index (χ0n) is 12.9. The number of hydrogen-bond donors (Lipinski definition) is 0. The van der Waals surface area contributed by atoms with Crippen LogP contribution in [0.1, 0.15) is 34.1 Å². The van der Waals surface area contributed by atoms with Crippen molar-refractivity contribution in [1.82, 2.24) is 4.90 Å². The number of esters is 1. The Hall–Kier alpha value is -1.92. The van der Waals surface area contributed by atoms with Crippen LogP contribution in [0.25, 0.3) is 0 Å². The zero-order valence-corrected chi connectivity index (χ0v) is 12.9. The van der Waals surface area contributed by atoms with Gasteiger partial charge in [-0.15, -0.1) is 5.10 Å². The summed E-state index contributed by atoms with van der Waals surface area (Å²) in [7, 11) is 0. The largest absolute Gasteiger partial charge is 0.461 e. The number of piperidine rings is 1. The van der Waals surface area contributed by atoms with Gasteiger partial charge in [-0.05, 0) is 27.7 Å². The molecule has 0 bridgehead atoms. The lowest BCUT2D eigenvalue weighted by molar-refractivity contribution is -0.135. The summed E-state index contributed by atoms with van der Waals surface area (Å²) < 4.78 is 10.3. The number of carbonyl (C=O) groups excluding carboxylic acids is 2. The van der Waals surface area contributed by atoms with Crippen molar-refractivity contribution in [1.29, 1.82) is 0 Å². The maximum Gasteiger partial charge on any atom is 0.410 e. The Balaban J connectivity index is 2.03. The molecule has 2 heterocycles. The van der Waals surface area contributed by atoms with Gasteiger partial charge in [-0.25, -0.2) is 9.59 Å². The molecule has 0 spiro atoms. The molecule has 0 aromatic rings. The molecule has 21 heavy (non-hydrogen) atoms. The van der Waals surface area contributed by atoms with E-state index in [2.05, 4.69) is 10.2 Å².